The van der Waals surface area contributed by atoms with Crippen LogP contribution >= 0.6 is 15.9 Å². The number of hydrogen-bond donors (Lipinski definition) is 1. The highest BCUT2D eigenvalue weighted by atomic mass is 79.9. The second kappa shape index (κ2) is 7.51. The number of carbonyl (C=O) groups is 1. The molecule has 0 spiro atoms. The van der Waals surface area contributed by atoms with Crippen molar-refractivity contribution in [1.82, 2.24) is 10.2 Å². The van der Waals surface area contributed by atoms with E-state index in [9.17, 15) is 14.9 Å². The Kier molecular flexibility index (Phi) is 5.69. The molecular weight excluding hydrogens is 338 g/mol. The minimum absolute atomic E-state index is 0.0940. The van der Waals surface area contributed by atoms with E-state index in [-0.39, 0.29) is 11.6 Å². The van der Waals surface area contributed by atoms with Gasteiger partial charge in [0.2, 0.25) is 5.91 Å². The molecule has 7 heteroatoms. The molecule has 1 aromatic carbocycles. The third-order valence-electron chi connectivity index (χ3n) is 3.53. The highest BCUT2D eigenvalue weighted by Gasteiger charge is 2.17. The summed E-state index contributed by atoms with van der Waals surface area (Å²) < 4.78 is 0.804. The van der Waals surface area contributed by atoms with Gasteiger partial charge in [-0.15, -0.1) is 0 Å². The van der Waals surface area contributed by atoms with Crippen LogP contribution in [0.3, 0.4) is 0 Å². The summed E-state index contributed by atoms with van der Waals surface area (Å²) in [5, 5.41) is 14.1. The minimum atomic E-state index is -0.390. The fourth-order valence-corrected chi connectivity index (χ4v) is 2.83. The second-order valence-corrected chi connectivity index (χ2v) is 5.96. The molecule has 1 aliphatic heterocycles. The zero-order chi connectivity index (χ0) is 15.2. The predicted molar refractivity (Wildman–Crippen MR) is 82.9 cm³/mol. The van der Waals surface area contributed by atoms with Gasteiger partial charge in [0.1, 0.15) is 0 Å². The third-order valence-corrected chi connectivity index (χ3v) is 4.02. The lowest BCUT2D eigenvalue weighted by Crippen LogP contribution is -2.30. The number of nitrogens with zero attached hydrogens (tertiary/aromatic N) is 2. The molecular formula is C14H18BrN3O3. The van der Waals surface area contributed by atoms with Crippen LogP contribution in [0.4, 0.5) is 5.69 Å². The summed E-state index contributed by atoms with van der Waals surface area (Å²) >= 11 is 3.31. The first kappa shape index (κ1) is 15.9. The van der Waals surface area contributed by atoms with Crippen LogP contribution in [0.15, 0.2) is 22.7 Å². The first-order valence-electron chi connectivity index (χ1n) is 6.99. The van der Waals surface area contributed by atoms with Gasteiger partial charge in [-0.1, -0.05) is 15.9 Å². The molecule has 1 aromatic rings. The predicted octanol–water partition coefficient (Wildman–Crippen LogP) is 2.46. The van der Waals surface area contributed by atoms with E-state index in [1.54, 1.807) is 12.1 Å². The summed E-state index contributed by atoms with van der Waals surface area (Å²) in [6.07, 6.45) is 2.61. The van der Waals surface area contributed by atoms with Gasteiger partial charge in [-0.05, 0) is 25.0 Å². The monoisotopic (exact) mass is 355 g/mol. The van der Waals surface area contributed by atoms with Crippen LogP contribution in [0.25, 0.3) is 0 Å². The largest absolute Gasteiger partial charge is 0.343 e. The molecule has 1 fully saturated rings. The van der Waals surface area contributed by atoms with Crippen LogP contribution in [0.1, 0.15) is 24.8 Å². The van der Waals surface area contributed by atoms with Crippen molar-refractivity contribution in [3.05, 3.63) is 38.3 Å². The molecule has 114 valence electrons. The van der Waals surface area contributed by atoms with Gasteiger partial charge < -0.3 is 10.2 Å². The second-order valence-electron chi connectivity index (χ2n) is 5.04. The Bertz CT molecular complexity index is 530. The van der Waals surface area contributed by atoms with Crippen molar-refractivity contribution in [2.75, 3.05) is 19.6 Å². The number of halogens is 1. The Labute approximate surface area is 131 Å². The van der Waals surface area contributed by atoms with Gasteiger partial charge in [0, 0.05) is 48.7 Å². The topological polar surface area (TPSA) is 75.5 Å². The lowest BCUT2D eigenvalue weighted by Gasteiger charge is -2.15. The number of hydrogen-bond acceptors (Lipinski definition) is 4. The number of nitro benzene ring substituents is 1. The van der Waals surface area contributed by atoms with E-state index >= 15 is 0 Å². The van der Waals surface area contributed by atoms with Gasteiger partial charge in [0.05, 0.1) is 4.92 Å². The lowest BCUT2D eigenvalue weighted by atomic mass is 10.2. The molecule has 1 amide bonds. The van der Waals surface area contributed by atoms with Crippen LogP contribution < -0.4 is 5.32 Å². The summed E-state index contributed by atoms with van der Waals surface area (Å²) in [7, 11) is 0. The molecule has 1 saturated heterocycles. The third kappa shape index (κ3) is 4.50. The Morgan fingerprint density at radius 1 is 1.38 bits per heavy atom. The molecule has 1 heterocycles. The minimum Gasteiger partial charge on any atom is -0.343 e. The average molecular weight is 356 g/mol. The number of benzene rings is 1. The summed E-state index contributed by atoms with van der Waals surface area (Å²) in [4.78, 5) is 24.3. The van der Waals surface area contributed by atoms with Crippen LogP contribution in [-0.4, -0.2) is 35.4 Å². The Balaban J connectivity index is 1.81. The molecule has 0 saturated carbocycles. The smallest absolute Gasteiger partial charge is 0.273 e. The number of rotatable bonds is 6. The number of nitrogens with one attached hydrogen (secondary N) is 1. The molecule has 6 nitrogen and oxygen atoms in total. The first-order valence-corrected chi connectivity index (χ1v) is 7.78. The highest BCUT2D eigenvalue weighted by Crippen LogP contribution is 2.22. The molecule has 2 rings (SSSR count). The van der Waals surface area contributed by atoms with Gasteiger partial charge in [0.25, 0.3) is 5.69 Å². The maximum absolute atomic E-state index is 11.9. The fourth-order valence-electron chi connectivity index (χ4n) is 2.42. The maximum Gasteiger partial charge on any atom is 0.273 e. The molecule has 0 atom stereocenters. The summed E-state index contributed by atoms with van der Waals surface area (Å²) in [5.41, 5.74) is 0.708. The molecule has 1 N–H and O–H groups in total. The molecule has 0 aromatic heterocycles. The molecule has 0 radical (unpaired) electrons. The van der Waals surface area contributed by atoms with Gasteiger partial charge in [-0.3, -0.25) is 14.9 Å². The van der Waals surface area contributed by atoms with Gasteiger partial charge in [-0.25, -0.2) is 0 Å². The molecule has 0 unspecified atom stereocenters. The van der Waals surface area contributed by atoms with Crippen molar-refractivity contribution >= 4 is 27.5 Å². The molecule has 1 aliphatic rings. The van der Waals surface area contributed by atoms with E-state index in [0.717, 1.165) is 30.4 Å². The normalized spacial score (nSPS) is 14.4. The zero-order valence-corrected chi connectivity index (χ0v) is 13.3. The average Bonchev–Trinajstić information content (AvgIpc) is 2.97. The molecule has 21 heavy (non-hydrogen) atoms. The SMILES string of the molecule is O=C(CCNCc1cc(Br)ccc1[N+](=O)[O-])N1CCCC1. The van der Waals surface area contributed by atoms with Crippen LogP contribution in [0.2, 0.25) is 0 Å². The van der Waals surface area contributed by atoms with Gasteiger partial charge >= 0.3 is 0 Å². The van der Waals surface area contributed by atoms with E-state index in [0.29, 0.717) is 25.1 Å². The van der Waals surface area contributed by atoms with E-state index in [4.69, 9.17) is 0 Å². The summed E-state index contributed by atoms with van der Waals surface area (Å²) in [6, 6.07) is 4.86. The van der Waals surface area contributed by atoms with Crippen molar-refractivity contribution in [1.29, 1.82) is 0 Å². The Morgan fingerprint density at radius 3 is 2.76 bits per heavy atom. The van der Waals surface area contributed by atoms with E-state index < -0.39 is 4.92 Å². The van der Waals surface area contributed by atoms with Crippen LogP contribution in [-0.2, 0) is 11.3 Å². The molecule has 0 aliphatic carbocycles. The van der Waals surface area contributed by atoms with Crippen molar-refractivity contribution in [2.45, 2.75) is 25.8 Å². The zero-order valence-electron chi connectivity index (χ0n) is 11.7. The Hall–Kier alpha value is -1.47. The first-order chi connectivity index (χ1) is 10.1. The van der Waals surface area contributed by atoms with Crippen LogP contribution in [0.5, 0.6) is 0 Å². The molecule has 0 bridgehead atoms. The number of carbonyl (C=O) groups excluding carboxylic acids is 1. The summed E-state index contributed by atoms with van der Waals surface area (Å²) in [6.45, 7) is 2.62. The van der Waals surface area contributed by atoms with Gasteiger partial charge in [0.15, 0.2) is 0 Å². The van der Waals surface area contributed by atoms with Crippen LogP contribution in [0, 0.1) is 10.1 Å². The number of likely N-dealkylation sites (tertiary alicyclic amines) is 1. The quantitative estimate of drug-likeness (QED) is 0.483. The lowest BCUT2D eigenvalue weighted by molar-refractivity contribution is -0.385. The standard InChI is InChI=1S/C14H18BrN3O3/c15-12-3-4-13(18(20)21)11(9-12)10-16-6-5-14(19)17-7-1-2-8-17/h3-4,9,16H,1-2,5-8,10H2. The highest BCUT2D eigenvalue weighted by molar-refractivity contribution is 9.10. The Morgan fingerprint density at radius 2 is 2.10 bits per heavy atom. The maximum atomic E-state index is 11.9. The van der Waals surface area contributed by atoms with E-state index in [1.165, 1.54) is 6.07 Å². The van der Waals surface area contributed by atoms with E-state index in [2.05, 4.69) is 21.2 Å². The fraction of sp³-hybridized carbons (Fsp3) is 0.500. The number of amides is 1. The van der Waals surface area contributed by atoms with Crippen molar-refractivity contribution in [3.8, 4) is 0 Å². The number of nitro groups is 1. The summed E-state index contributed by atoms with van der Waals surface area (Å²) in [5.74, 6) is 0.156. The van der Waals surface area contributed by atoms with Crippen molar-refractivity contribution in [3.63, 3.8) is 0 Å². The van der Waals surface area contributed by atoms with E-state index in [1.807, 2.05) is 4.90 Å². The van der Waals surface area contributed by atoms with Crippen molar-refractivity contribution < 1.29 is 9.72 Å². The van der Waals surface area contributed by atoms with Gasteiger partial charge in [-0.2, -0.15) is 0 Å². The van der Waals surface area contributed by atoms with Crippen molar-refractivity contribution in [2.24, 2.45) is 0 Å².